The predicted molar refractivity (Wildman–Crippen MR) is 105 cm³/mol. The first-order valence-electron chi connectivity index (χ1n) is 9.73. The molecule has 2 heterocycles. The van der Waals surface area contributed by atoms with Crippen molar-refractivity contribution >= 4 is 5.91 Å². The molecule has 146 valence electrons. The van der Waals surface area contributed by atoms with Crippen LogP contribution in [0.15, 0.2) is 36.5 Å². The highest BCUT2D eigenvalue weighted by molar-refractivity contribution is 5.86. The summed E-state index contributed by atoms with van der Waals surface area (Å²) >= 11 is 0. The second-order valence-electron chi connectivity index (χ2n) is 7.50. The Morgan fingerprint density at radius 2 is 2.07 bits per heavy atom. The average Bonchev–Trinajstić information content (AvgIpc) is 2.98. The molecule has 3 rings (SSSR count). The van der Waals surface area contributed by atoms with E-state index in [9.17, 15) is 9.90 Å². The quantitative estimate of drug-likeness (QED) is 0.743. The summed E-state index contributed by atoms with van der Waals surface area (Å²) in [6.07, 6.45) is 5.03. The molecule has 6 nitrogen and oxygen atoms in total. The summed E-state index contributed by atoms with van der Waals surface area (Å²) in [5.74, 6) is -0.141. The van der Waals surface area contributed by atoms with Crippen LogP contribution in [0.3, 0.4) is 0 Å². The van der Waals surface area contributed by atoms with E-state index in [0.29, 0.717) is 19.5 Å². The summed E-state index contributed by atoms with van der Waals surface area (Å²) in [5, 5.41) is 18.4. The smallest absolute Gasteiger partial charge is 0.255 e. The van der Waals surface area contributed by atoms with Crippen LogP contribution in [0.4, 0.5) is 0 Å². The monoisotopic (exact) mass is 370 g/mol. The molecule has 1 fully saturated rings. The highest BCUT2D eigenvalue weighted by Gasteiger charge is 2.41. The van der Waals surface area contributed by atoms with Crippen molar-refractivity contribution in [1.29, 1.82) is 0 Å². The van der Waals surface area contributed by atoms with Crippen molar-refractivity contribution in [3.63, 3.8) is 0 Å². The van der Waals surface area contributed by atoms with Gasteiger partial charge in [-0.05, 0) is 38.2 Å². The molecule has 1 aliphatic heterocycles. The molecule has 1 aliphatic rings. The number of carbonyl (C=O) groups is 1. The van der Waals surface area contributed by atoms with E-state index in [1.165, 1.54) is 5.56 Å². The Morgan fingerprint density at radius 3 is 2.78 bits per heavy atom. The van der Waals surface area contributed by atoms with Crippen molar-refractivity contribution < 1.29 is 9.90 Å². The summed E-state index contributed by atoms with van der Waals surface area (Å²) in [6.45, 7) is 4.31. The number of aliphatic hydroxyl groups is 1. The number of rotatable bonds is 8. The van der Waals surface area contributed by atoms with E-state index in [-0.39, 0.29) is 12.5 Å². The van der Waals surface area contributed by atoms with E-state index in [1.807, 2.05) is 47.9 Å². The van der Waals surface area contributed by atoms with Gasteiger partial charge >= 0.3 is 0 Å². The third kappa shape index (κ3) is 4.76. The van der Waals surface area contributed by atoms with Crippen molar-refractivity contribution in [1.82, 2.24) is 20.0 Å². The van der Waals surface area contributed by atoms with Gasteiger partial charge in [-0.1, -0.05) is 30.3 Å². The Bertz CT molecular complexity index is 759. The number of hydrogen-bond acceptors (Lipinski definition) is 4. The lowest BCUT2D eigenvalue weighted by molar-refractivity contribution is -0.156. The van der Waals surface area contributed by atoms with Gasteiger partial charge in [-0.2, -0.15) is 5.10 Å². The molecule has 0 aliphatic carbocycles. The van der Waals surface area contributed by atoms with Crippen LogP contribution in [-0.2, 0) is 24.8 Å². The standard InChI is InChI=1S/C21H30N4O2/c1-17-19(15-23-24(17)2)14-22-16-21(27)11-7-13-25(20(21)26)12-6-10-18-8-4-3-5-9-18/h3-5,8-9,15,22,27H,6-7,10-14,16H2,1-2H3. The number of amides is 1. The minimum atomic E-state index is -1.30. The molecule has 1 aromatic carbocycles. The van der Waals surface area contributed by atoms with Crippen LogP contribution in [-0.4, -0.2) is 50.9 Å². The van der Waals surface area contributed by atoms with Gasteiger partial charge in [-0.3, -0.25) is 9.48 Å². The van der Waals surface area contributed by atoms with Crippen molar-refractivity contribution in [2.45, 2.75) is 44.8 Å². The first kappa shape index (κ1) is 19.6. The van der Waals surface area contributed by atoms with Crippen molar-refractivity contribution in [2.75, 3.05) is 19.6 Å². The van der Waals surface area contributed by atoms with Gasteiger partial charge in [-0.15, -0.1) is 0 Å². The number of hydrogen-bond donors (Lipinski definition) is 2. The second-order valence-corrected chi connectivity index (χ2v) is 7.50. The van der Waals surface area contributed by atoms with E-state index >= 15 is 0 Å². The van der Waals surface area contributed by atoms with Crippen LogP contribution in [0.25, 0.3) is 0 Å². The lowest BCUT2D eigenvalue weighted by Gasteiger charge is -2.38. The summed E-state index contributed by atoms with van der Waals surface area (Å²) < 4.78 is 1.83. The number of aryl methyl sites for hydroxylation is 2. The molecule has 1 aromatic heterocycles. The summed E-state index contributed by atoms with van der Waals surface area (Å²) in [4.78, 5) is 14.6. The zero-order chi connectivity index (χ0) is 19.3. The van der Waals surface area contributed by atoms with Gasteiger partial charge in [0.15, 0.2) is 5.60 Å². The number of likely N-dealkylation sites (tertiary alicyclic amines) is 1. The van der Waals surface area contributed by atoms with Gasteiger partial charge in [0, 0.05) is 44.5 Å². The Labute approximate surface area is 161 Å². The SMILES string of the molecule is Cc1c(CNCC2(O)CCCN(CCCc3ccccc3)C2=O)cnn1C. The minimum Gasteiger partial charge on any atom is -0.379 e. The van der Waals surface area contributed by atoms with Gasteiger partial charge < -0.3 is 15.3 Å². The summed E-state index contributed by atoms with van der Waals surface area (Å²) in [5.41, 5.74) is 2.16. The van der Waals surface area contributed by atoms with Gasteiger partial charge in [0.05, 0.1) is 6.20 Å². The molecule has 1 unspecified atom stereocenters. The number of nitrogens with zero attached hydrogens (tertiary/aromatic N) is 3. The number of carbonyl (C=O) groups excluding carboxylic acids is 1. The van der Waals surface area contributed by atoms with Crippen molar-refractivity contribution in [3.8, 4) is 0 Å². The highest BCUT2D eigenvalue weighted by Crippen LogP contribution is 2.23. The van der Waals surface area contributed by atoms with Crippen LogP contribution >= 0.6 is 0 Å². The van der Waals surface area contributed by atoms with Crippen LogP contribution in [0, 0.1) is 6.92 Å². The molecular weight excluding hydrogens is 340 g/mol. The van der Waals surface area contributed by atoms with E-state index in [0.717, 1.165) is 37.1 Å². The zero-order valence-corrected chi connectivity index (χ0v) is 16.3. The number of piperidine rings is 1. The van der Waals surface area contributed by atoms with Gasteiger partial charge in [0.25, 0.3) is 5.91 Å². The van der Waals surface area contributed by atoms with E-state index in [1.54, 1.807) is 0 Å². The molecule has 0 spiro atoms. The first-order valence-corrected chi connectivity index (χ1v) is 9.73. The Hall–Kier alpha value is -2.18. The Balaban J connectivity index is 1.49. The normalized spacial score (nSPS) is 20.3. The van der Waals surface area contributed by atoms with Crippen molar-refractivity contribution in [2.24, 2.45) is 7.05 Å². The lowest BCUT2D eigenvalue weighted by Crippen LogP contribution is -2.58. The molecule has 2 aromatic rings. The molecule has 2 N–H and O–H groups in total. The lowest BCUT2D eigenvalue weighted by atomic mass is 9.91. The first-order chi connectivity index (χ1) is 13.0. The molecule has 6 heteroatoms. The van der Waals surface area contributed by atoms with Crippen LogP contribution in [0.5, 0.6) is 0 Å². The molecule has 1 amide bonds. The third-order valence-corrected chi connectivity index (χ3v) is 5.51. The highest BCUT2D eigenvalue weighted by atomic mass is 16.3. The van der Waals surface area contributed by atoms with Gasteiger partial charge in [0.1, 0.15) is 0 Å². The fourth-order valence-corrected chi connectivity index (χ4v) is 3.68. The summed E-state index contributed by atoms with van der Waals surface area (Å²) in [6, 6.07) is 10.3. The number of benzene rings is 1. The fraction of sp³-hybridized carbons (Fsp3) is 0.524. The number of nitrogens with one attached hydrogen (secondary N) is 1. The summed E-state index contributed by atoms with van der Waals surface area (Å²) in [7, 11) is 1.91. The molecule has 1 saturated heterocycles. The Kier molecular flexibility index (Phi) is 6.29. The fourth-order valence-electron chi connectivity index (χ4n) is 3.68. The third-order valence-electron chi connectivity index (χ3n) is 5.51. The van der Waals surface area contributed by atoms with Crippen LogP contribution < -0.4 is 5.32 Å². The maximum Gasteiger partial charge on any atom is 0.255 e. The second kappa shape index (κ2) is 8.67. The molecule has 0 saturated carbocycles. The molecule has 27 heavy (non-hydrogen) atoms. The van der Waals surface area contributed by atoms with Crippen molar-refractivity contribution in [3.05, 3.63) is 53.3 Å². The maximum absolute atomic E-state index is 12.8. The topological polar surface area (TPSA) is 70.4 Å². The van der Waals surface area contributed by atoms with E-state index in [4.69, 9.17) is 0 Å². The largest absolute Gasteiger partial charge is 0.379 e. The van der Waals surface area contributed by atoms with Crippen LogP contribution in [0.2, 0.25) is 0 Å². The molecular formula is C21H30N4O2. The number of aromatic nitrogens is 2. The zero-order valence-electron chi connectivity index (χ0n) is 16.3. The van der Waals surface area contributed by atoms with E-state index < -0.39 is 5.60 Å². The van der Waals surface area contributed by atoms with Gasteiger partial charge in [0.2, 0.25) is 0 Å². The molecule has 1 atom stereocenters. The van der Waals surface area contributed by atoms with Crippen LogP contribution in [0.1, 0.15) is 36.1 Å². The molecule has 0 bridgehead atoms. The minimum absolute atomic E-state index is 0.141. The Morgan fingerprint density at radius 1 is 1.30 bits per heavy atom. The van der Waals surface area contributed by atoms with E-state index in [2.05, 4.69) is 22.5 Å². The maximum atomic E-state index is 12.8. The molecule has 0 radical (unpaired) electrons. The predicted octanol–water partition coefficient (Wildman–Crippen LogP) is 1.80. The average molecular weight is 370 g/mol. The van der Waals surface area contributed by atoms with Gasteiger partial charge in [-0.25, -0.2) is 0 Å².